The van der Waals surface area contributed by atoms with E-state index in [1.54, 1.807) is 0 Å². The Morgan fingerprint density at radius 3 is 2.90 bits per heavy atom. The Labute approximate surface area is 122 Å². The smallest absolute Gasteiger partial charge is 0.255 e. The molecule has 0 atom stereocenters. The lowest BCUT2D eigenvalue weighted by molar-refractivity contribution is 0.658. The van der Waals surface area contributed by atoms with E-state index in [1.807, 2.05) is 25.1 Å². The first-order chi connectivity index (χ1) is 9.63. The van der Waals surface area contributed by atoms with Gasteiger partial charge in [0.25, 0.3) is 5.56 Å². The van der Waals surface area contributed by atoms with Crippen molar-refractivity contribution >= 4 is 23.2 Å². The van der Waals surface area contributed by atoms with Gasteiger partial charge in [-0.15, -0.1) is 0 Å². The fourth-order valence-electron chi connectivity index (χ4n) is 2.56. The minimum absolute atomic E-state index is 0.0242. The number of nitrogens with zero attached hydrogens (tertiary/aromatic N) is 1. The normalized spacial score (nSPS) is 13.9. The van der Waals surface area contributed by atoms with Gasteiger partial charge in [-0.25, -0.2) is 4.98 Å². The van der Waals surface area contributed by atoms with Crippen LogP contribution in [0.1, 0.15) is 29.7 Å². The standard InChI is InChI=1S/C15H16ClN3O/c1-9-8-10(16)6-7-12(9)17-15-18-13-5-3-2-4-11(13)14(20)19-15/h6-8H,2-5H2,1H3,(H2,17,18,19,20). The molecule has 104 valence electrons. The highest BCUT2D eigenvalue weighted by Gasteiger charge is 2.15. The van der Waals surface area contributed by atoms with Crippen molar-refractivity contribution < 1.29 is 0 Å². The molecule has 4 nitrogen and oxygen atoms in total. The van der Waals surface area contributed by atoms with Crippen molar-refractivity contribution in [3.63, 3.8) is 0 Å². The number of anilines is 2. The highest BCUT2D eigenvalue weighted by Crippen LogP contribution is 2.23. The van der Waals surface area contributed by atoms with E-state index in [-0.39, 0.29) is 5.56 Å². The lowest BCUT2D eigenvalue weighted by Crippen LogP contribution is -2.22. The maximum atomic E-state index is 12.1. The summed E-state index contributed by atoms with van der Waals surface area (Å²) in [4.78, 5) is 19.4. The van der Waals surface area contributed by atoms with Crippen molar-refractivity contribution in [3.8, 4) is 0 Å². The van der Waals surface area contributed by atoms with Crippen LogP contribution in [0, 0.1) is 6.92 Å². The number of hydrogen-bond donors (Lipinski definition) is 2. The molecule has 0 saturated carbocycles. The highest BCUT2D eigenvalue weighted by atomic mass is 35.5. The zero-order valence-corrected chi connectivity index (χ0v) is 12.0. The molecule has 2 aromatic rings. The summed E-state index contributed by atoms with van der Waals surface area (Å²) in [5.74, 6) is 0.501. The molecule has 0 amide bonds. The second-order valence-corrected chi connectivity index (χ2v) is 5.57. The molecule has 0 fully saturated rings. The molecule has 5 heteroatoms. The molecule has 0 bridgehead atoms. The molecule has 0 aliphatic heterocycles. The van der Waals surface area contributed by atoms with Crippen LogP contribution in [0.15, 0.2) is 23.0 Å². The minimum Gasteiger partial charge on any atom is -0.325 e. The van der Waals surface area contributed by atoms with Gasteiger partial charge in [-0.05, 0) is 56.4 Å². The van der Waals surface area contributed by atoms with Crippen LogP contribution in [0.4, 0.5) is 11.6 Å². The number of aromatic amines is 1. The Morgan fingerprint density at radius 1 is 1.30 bits per heavy atom. The fourth-order valence-corrected chi connectivity index (χ4v) is 2.78. The van der Waals surface area contributed by atoms with Gasteiger partial charge in [-0.1, -0.05) is 11.6 Å². The average Bonchev–Trinajstić information content (AvgIpc) is 2.42. The van der Waals surface area contributed by atoms with Crippen molar-refractivity contribution in [1.29, 1.82) is 0 Å². The third-order valence-corrected chi connectivity index (χ3v) is 3.87. The van der Waals surface area contributed by atoms with E-state index in [4.69, 9.17) is 11.6 Å². The fraction of sp³-hybridized carbons (Fsp3) is 0.333. The molecule has 0 radical (unpaired) electrons. The van der Waals surface area contributed by atoms with Crippen LogP contribution in [-0.4, -0.2) is 9.97 Å². The predicted molar refractivity (Wildman–Crippen MR) is 81.0 cm³/mol. The number of halogens is 1. The molecule has 0 spiro atoms. The van der Waals surface area contributed by atoms with E-state index >= 15 is 0 Å². The van der Waals surface area contributed by atoms with Crippen LogP contribution in [0.25, 0.3) is 0 Å². The summed E-state index contributed by atoms with van der Waals surface area (Å²) in [6, 6.07) is 5.57. The molecule has 0 unspecified atom stereocenters. The Balaban J connectivity index is 1.95. The number of rotatable bonds is 2. The summed E-state index contributed by atoms with van der Waals surface area (Å²) in [5.41, 5.74) is 3.65. The van der Waals surface area contributed by atoms with Crippen LogP contribution in [0.5, 0.6) is 0 Å². The molecular formula is C15H16ClN3O. The summed E-state index contributed by atoms with van der Waals surface area (Å²) >= 11 is 5.94. The van der Waals surface area contributed by atoms with Crippen LogP contribution in [0.3, 0.4) is 0 Å². The summed E-state index contributed by atoms with van der Waals surface area (Å²) < 4.78 is 0. The zero-order valence-electron chi connectivity index (χ0n) is 11.3. The van der Waals surface area contributed by atoms with Gasteiger partial charge in [0, 0.05) is 16.3 Å². The topological polar surface area (TPSA) is 57.8 Å². The third kappa shape index (κ3) is 2.56. The third-order valence-electron chi connectivity index (χ3n) is 3.63. The Hall–Kier alpha value is -1.81. The van der Waals surface area contributed by atoms with Crippen LogP contribution >= 0.6 is 11.6 Å². The molecule has 1 aromatic heterocycles. The zero-order chi connectivity index (χ0) is 14.1. The lowest BCUT2D eigenvalue weighted by Gasteiger charge is -2.15. The highest BCUT2D eigenvalue weighted by molar-refractivity contribution is 6.30. The molecule has 1 aromatic carbocycles. The van der Waals surface area contributed by atoms with Crippen molar-refractivity contribution in [2.75, 3.05) is 5.32 Å². The van der Waals surface area contributed by atoms with Gasteiger partial charge >= 0.3 is 0 Å². The van der Waals surface area contributed by atoms with E-state index in [0.29, 0.717) is 11.0 Å². The predicted octanol–water partition coefficient (Wildman–Crippen LogP) is 3.35. The van der Waals surface area contributed by atoms with E-state index < -0.39 is 0 Å². The SMILES string of the molecule is Cc1cc(Cl)ccc1Nc1nc2c(c(=O)[nH]1)CCCC2. The van der Waals surface area contributed by atoms with Gasteiger partial charge in [0.2, 0.25) is 5.95 Å². The Morgan fingerprint density at radius 2 is 2.10 bits per heavy atom. The van der Waals surface area contributed by atoms with E-state index in [1.165, 1.54) is 0 Å². The second-order valence-electron chi connectivity index (χ2n) is 5.13. The van der Waals surface area contributed by atoms with Crippen molar-refractivity contribution in [1.82, 2.24) is 9.97 Å². The van der Waals surface area contributed by atoms with Gasteiger partial charge in [-0.2, -0.15) is 0 Å². The largest absolute Gasteiger partial charge is 0.325 e. The van der Waals surface area contributed by atoms with Gasteiger partial charge in [0.05, 0.1) is 5.69 Å². The minimum atomic E-state index is -0.0242. The van der Waals surface area contributed by atoms with E-state index in [2.05, 4.69) is 15.3 Å². The first-order valence-electron chi connectivity index (χ1n) is 6.79. The molecule has 0 saturated heterocycles. The number of nitrogens with one attached hydrogen (secondary N) is 2. The van der Waals surface area contributed by atoms with Gasteiger partial charge in [-0.3, -0.25) is 9.78 Å². The maximum absolute atomic E-state index is 12.1. The van der Waals surface area contributed by atoms with Gasteiger partial charge < -0.3 is 5.32 Å². The quantitative estimate of drug-likeness (QED) is 0.891. The second kappa shape index (κ2) is 5.29. The molecule has 2 N–H and O–H groups in total. The molecule has 1 aliphatic carbocycles. The number of hydrogen-bond acceptors (Lipinski definition) is 3. The maximum Gasteiger partial charge on any atom is 0.255 e. The van der Waals surface area contributed by atoms with Crippen LogP contribution in [-0.2, 0) is 12.8 Å². The molecule has 1 aliphatic rings. The average molecular weight is 290 g/mol. The first kappa shape index (κ1) is 13.2. The van der Waals surface area contributed by atoms with Crippen molar-refractivity contribution in [2.45, 2.75) is 32.6 Å². The van der Waals surface area contributed by atoms with Crippen LogP contribution < -0.4 is 10.9 Å². The molecule has 3 rings (SSSR count). The Bertz CT molecular complexity index is 709. The Kier molecular flexibility index (Phi) is 3.49. The molecular weight excluding hydrogens is 274 g/mol. The van der Waals surface area contributed by atoms with Crippen molar-refractivity contribution in [2.24, 2.45) is 0 Å². The summed E-state index contributed by atoms with van der Waals surface area (Å²) in [7, 11) is 0. The number of aromatic nitrogens is 2. The summed E-state index contributed by atoms with van der Waals surface area (Å²) in [6.07, 6.45) is 3.88. The summed E-state index contributed by atoms with van der Waals surface area (Å²) in [6.45, 7) is 1.96. The number of benzene rings is 1. The van der Waals surface area contributed by atoms with Gasteiger partial charge in [0.1, 0.15) is 0 Å². The monoisotopic (exact) mass is 289 g/mol. The molecule has 20 heavy (non-hydrogen) atoms. The van der Waals surface area contributed by atoms with E-state index in [0.717, 1.165) is 48.2 Å². The lowest BCUT2D eigenvalue weighted by atomic mass is 9.97. The van der Waals surface area contributed by atoms with Crippen LogP contribution in [0.2, 0.25) is 5.02 Å². The number of fused-ring (bicyclic) bond motifs is 1. The van der Waals surface area contributed by atoms with Crippen molar-refractivity contribution in [3.05, 3.63) is 50.4 Å². The first-order valence-corrected chi connectivity index (χ1v) is 7.16. The van der Waals surface area contributed by atoms with E-state index in [9.17, 15) is 4.79 Å². The number of aryl methyl sites for hydroxylation is 2. The summed E-state index contributed by atoms with van der Waals surface area (Å²) in [5, 5.41) is 3.86. The van der Waals surface area contributed by atoms with Gasteiger partial charge in [0.15, 0.2) is 0 Å². The number of H-pyrrole nitrogens is 1. The molecule has 1 heterocycles.